The maximum Gasteiger partial charge on any atom is 0.338 e. The number of aromatic nitrogens is 2. The van der Waals surface area contributed by atoms with Gasteiger partial charge in [-0.2, -0.15) is 5.10 Å². The van der Waals surface area contributed by atoms with Gasteiger partial charge in [0, 0.05) is 10.7 Å². The van der Waals surface area contributed by atoms with Crippen molar-refractivity contribution in [1.29, 1.82) is 0 Å². The lowest BCUT2D eigenvalue weighted by molar-refractivity contribution is -0.119. The minimum absolute atomic E-state index is 0.327. The summed E-state index contributed by atoms with van der Waals surface area (Å²) < 4.78 is 6.80. The standard InChI is InChI=1S/C21H19Cl2N3O3/c1-12-4-7-16(22)10-18(12)24-19(27)11-29-21(28)15-5-8-17(9-6-15)26-14(3)20(23)13(2)25-26/h4-10H,11H2,1-3H3,(H,24,27). The summed E-state index contributed by atoms with van der Waals surface area (Å²) in [7, 11) is 0. The molecule has 0 bridgehead atoms. The lowest BCUT2D eigenvalue weighted by Crippen LogP contribution is -2.21. The quantitative estimate of drug-likeness (QED) is 0.582. The fourth-order valence-corrected chi connectivity index (χ4v) is 3.03. The summed E-state index contributed by atoms with van der Waals surface area (Å²) in [6, 6.07) is 11.9. The summed E-state index contributed by atoms with van der Waals surface area (Å²) in [6.07, 6.45) is 0. The molecule has 0 saturated heterocycles. The van der Waals surface area contributed by atoms with Crippen LogP contribution in [0, 0.1) is 20.8 Å². The molecule has 0 spiro atoms. The molecule has 1 N–H and O–H groups in total. The van der Waals surface area contributed by atoms with Crippen LogP contribution in [0.3, 0.4) is 0 Å². The molecule has 0 aliphatic rings. The van der Waals surface area contributed by atoms with Gasteiger partial charge >= 0.3 is 5.97 Å². The first-order chi connectivity index (χ1) is 13.8. The summed E-state index contributed by atoms with van der Waals surface area (Å²) in [6.45, 7) is 5.13. The third-order valence-corrected chi connectivity index (χ3v) is 5.14. The zero-order valence-electron chi connectivity index (χ0n) is 16.1. The summed E-state index contributed by atoms with van der Waals surface area (Å²) >= 11 is 12.1. The van der Waals surface area contributed by atoms with Crippen molar-refractivity contribution in [2.75, 3.05) is 11.9 Å². The molecule has 3 rings (SSSR count). The van der Waals surface area contributed by atoms with Gasteiger partial charge in [0.25, 0.3) is 5.91 Å². The zero-order valence-corrected chi connectivity index (χ0v) is 17.6. The van der Waals surface area contributed by atoms with Crippen LogP contribution >= 0.6 is 23.2 Å². The number of carbonyl (C=O) groups excluding carboxylic acids is 2. The van der Waals surface area contributed by atoms with Crippen LogP contribution in [-0.4, -0.2) is 28.3 Å². The second kappa shape index (κ2) is 8.68. The number of esters is 1. The first-order valence-electron chi connectivity index (χ1n) is 8.81. The molecule has 29 heavy (non-hydrogen) atoms. The monoisotopic (exact) mass is 431 g/mol. The van der Waals surface area contributed by atoms with E-state index in [1.807, 2.05) is 20.8 Å². The maximum atomic E-state index is 12.2. The van der Waals surface area contributed by atoms with Crippen molar-refractivity contribution in [3.05, 3.63) is 75.0 Å². The van der Waals surface area contributed by atoms with Gasteiger partial charge in [-0.3, -0.25) is 4.79 Å². The van der Waals surface area contributed by atoms with E-state index in [0.29, 0.717) is 21.3 Å². The first kappa shape index (κ1) is 20.9. The number of hydrogen-bond acceptors (Lipinski definition) is 4. The van der Waals surface area contributed by atoms with Crippen molar-refractivity contribution in [3.8, 4) is 5.69 Å². The van der Waals surface area contributed by atoms with E-state index in [4.69, 9.17) is 27.9 Å². The molecule has 6 nitrogen and oxygen atoms in total. The van der Waals surface area contributed by atoms with E-state index in [9.17, 15) is 9.59 Å². The number of anilines is 1. The third-order valence-electron chi connectivity index (χ3n) is 4.36. The highest BCUT2D eigenvalue weighted by atomic mass is 35.5. The Morgan fingerprint density at radius 1 is 1.07 bits per heavy atom. The zero-order chi connectivity index (χ0) is 21.1. The molecule has 150 valence electrons. The van der Waals surface area contributed by atoms with E-state index in [0.717, 1.165) is 22.6 Å². The SMILES string of the molecule is Cc1ccc(Cl)cc1NC(=O)COC(=O)c1ccc(-n2nc(C)c(Cl)c2C)cc1. The van der Waals surface area contributed by atoms with Crippen LogP contribution in [0.25, 0.3) is 5.69 Å². The number of amides is 1. The van der Waals surface area contributed by atoms with Crippen molar-refractivity contribution >= 4 is 40.8 Å². The van der Waals surface area contributed by atoms with Gasteiger partial charge in [0.2, 0.25) is 0 Å². The van der Waals surface area contributed by atoms with Crippen LogP contribution in [0.2, 0.25) is 10.0 Å². The highest BCUT2D eigenvalue weighted by Crippen LogP contribution is 2.23. The largest absolute Gasteiger partial charge is 0.452 e. The van der Waals surface area contributed by atoms with Crippen molar-refractivity contribution in [3.63, 3.8) is 0 Å². The summed E-state index contributed by atoms with van der Waals surface area (Å²) in [4.78, 5) is 24.3. The Balaban J connectivity index is 1.61. The minimum atomic E-state index is -0.596. The number of benzene rings is 2. The topological polar surface area (TPSA) is 73.2 Å². The molecule has 1 amide bonds. The van der Waals surface area contributed by atoms with Gasteiger partial charge in [-0.1, -0.05) is 29.3 Å². The number of ether oxygens (including phenoxy) is 1. The van der Waals surface area contributed by atoms with Crippen LogP contribution in [0.15, 0.2) is 42.5 Å². The molecule has 1 aromatic heterocycles. The molecule has 1 heterocycles. The normalized spacial score (nSPS) is 10.7. The number of hydrogen-bond donors (Lipinski definition) is 1. The number of nitrogens with zero attached hydrogens (tertiary/aromatic N) is 2. The number of aryl methyl sites for hydroxylation is 2. The average Bonchev–Trinajstić information content (AvgIpc) is 2.96. The van der Waals surface area contributed by atoms with Gasteiger partial charge in [-0.15, -0.1) is 0 Å². The van der Waals surface area contributed by atoms with Crippen molar-refractivity contribution in [2.24, 2.45) is 0 Å². The van der Waals surface area contributed by atoms with E-state index in [-0.39, 0.29) is 0 Å². The Morgan fingerprint density at radius 2 is 1.76 bits per heavy atom. The average molecular weight is 432 g/mol. The molecule has 0 aliphatic heterocycles. The van der Waals surface area contributed by atoms with Gasteiger partial charge < -0.3 is 10.1 Å². The van der Waals surface area contributed by atoms with Gasteiger partial charge in [-0.25, -0.2) is 9.48 Å². The highest BCUT2D eigenvalue weighted by molar-refractivity contribution is 6.32. The Hall–Kier alpha value is -2.83. The highest BCUT2D eigenvalue weighted by Gasteiger charge is 2.14. The third kappa shape index (κ3) is 4.78. The molecular weight excluding hydrogens is 413 g/mol. The molecule has 3 aromatic rings. The van der Waals surface area contributed by atoms with E-state index >= 15 is 0 Å². The summed E-state index contributed by atoms with van der Waals surface area (Å²) in [5.74, 6) is -1.04. The lowest BCUT2D eigenvalue weighted by atomic mass is 10.2. The van der Waals surface area contributed by atoms with Gasteiger partial charge in [0.05, 0.1) is 27.7 Å². The molecule has 0 atom stereocenters. The van der Waals surface area contributed by atoms with Crippen LogP contribution in [0.4, 0.5) is 5.69 Å². The number of halogens is 2. The Labute approximate surface area is 178 Å². The van der Waals surface area contributed by atoms with Crippen LogP contribution < -0.4 is 5.32 Å². The van der Waals surface area contributed by atoms with E-state index in [1.54, 1.807) is 47.1 Å². The Morgan fingerprint density at radius 3 is 2.38 bits per heavy atom. The van der Waals surface area contributed by atoms with Gasteiger partial charge in [-0.05, 0) is 62.7 Å². The van der Waals surface area contributed by atoms with Crippen LogP contribution in [0.1, 0.15) is 27.3 Å². The Bertz CT molecular complexity index is 1080. The fraction of sp³-hybridized carbons (Fsp3) is 0.190. The van der Waals surface area contributed by atoms with Gasteiger partial charge in [0.15, 0.2) is 6.61 Å². The van der Waals surface area contributed by atoms with Crippen LogP contribution in [-0.2, 0) is 9.53 Å². The predicted octanol–water partition coefficient (Wildman–Crippen LogP) is 4.90. The van der Waals surface area contributed by atoms with E-state index in [1.165, 1.54) is 0 Å². The number of nitrogens with one attached hydrogen (secondary N) is 1. The second-order valence-corrected chi connectivity index (χ2v) is 7.34. The number of rotatable bonds is 5. The molecule has 2 aromatic carbocycles. The molecule has 0 fully saturated rings. The van der Waals surface area contributed by atoms with Crippen molar-refractivity contribution in [2.45, 2.75) is 20.8 Å². The van der Waals surface area contributed by atoms with Gasteiger partial charge in [0.1, 0.15) is 0 Å². The second-order valence-electron chi connectivity index (χ2n) is 6.53. The smallest absolute Gasteiger partial charge is 0.338 e. The number of carbonyl (C=O) groups is 2. The van der Waals surface area contributed by atoms with E-state index in [2.05, 4.69) is 10.4 Å². The van der Waals surface area contributed by atoms with Crippen molar-refractivity contribution < 1.29 is 14.3 Å². The summed E-state index contributed by atoms with van der Waals surface area (Å²) in [5, 5.41) is 8.16. The fourth-order valence-electron chi connectivity index (χ4n) is 2.74. The molecule has 0 aliphatic carbocycles. The first-order valence-corrected chi connectivity index (χ1v) is 9.57. The molecular formula is C21H19Cl2N3O3. The summed E-state index contributed by atoms with van der Waals surface area (Å²) in [5.41, 5.74) is 4.07. The van der Waals surface area contributed by atoms with Crippen molar-refractivity contribution in [1.82, 2.24) is 9.78 Å². The molecule has 0 saturated carbocycles. The lowest BCUT2D eigenvalue weighted by Gasteiger charge is -2.10. The Kier molecular flexibility index (Phi) is 6.25. The molecule has 0 radical (unpaired) electrons. The predicted molar refractivity (Wildman–Crippen MR) is 113 cm³/mol. The molecule has 0 unspecified atom stereocenters. The maximum absolute atomic E-state index is 12.2. The minimum Gasteiger partial charge on any atom is -0.452 e. The van der Waals surface area contributed by atoms with Crippen LogP contribution in [0.5, 0.6) is 0 Å². The van der Waals surface area contributed by atoms with E-state index < -0.39 is 18.5 Å². The molecule has 8 heteroatoms.